The van der Waals surface area contributed by atoms with Crippen LogP contribution in [-0.2, 0) is 0 Å². The van der Waals surface area contributed by atoms with Gasteiger partial charge in [0.2, 0.25) is 0 Å². The van der Waals surface area contributed by atoms with Crippen LogP contribution < -0.4 is 5.32 Å². The van der Waals surface area contributed by atoms with E-state index in [9.17, 15) is 0 Å². The third-order valence-corrected chi connectivity index (χ3v) is 4.83. The van der Waals surface area contributed by atoms with Gasteiger partial charge in [-0.15, -0.1) is 0 Å². The molecule has 3 aliphatic rings. The fourth-order valence-electron chi connectivity index (χ4n) is 3.78. The second-order valence-corrected chi connectivity index (χ2v) is 6.45. The van der Waals surface area contributed by atoms with E-state index in [1.54, 1.807) is 5.70 Å². The Morgan fingerprint density at radius 2 is 2.05 bits per heavy atom. The molecule has 19 heavy (non-hydrogen) atoms. The summed E-state index contributed by atoms with van der Waals surface area (Å²) in [5.41, 5.74) is 1.54. The minimum Gasteiger partial charge on any atom is -0.384 e. The maximum atomic E-state index is 3.85. The van der Waals surface area contributed by atoms with Crippen LogP contribution >= 0.6 is 0 Å². The van der Waals surface area contributed by atoms with E-state index in [-0.39, 0.29) is 0 Å². The molecule has 3 atom stereocenters. The van der Waals surface area contributed by atoms with Crippen LogP contribution in [0.25, 0.3) is 0 Å². The standard InChI is InChI=1S/C18H25N/c1-14-12-17(15-8-4-2-5-9-15)19-18(13-14)16-10-6-3-7-11-16/h2,4,13-17,19H,3,6-8,10-12H2,1H3. The van der Waals surface area contributed by atoms with E-state index in [0.717, 1.165) is 12.3 Å². The highest BCUT2D eigenvalue weighted by Gasteiger charge is 2.29. The molecule has 0 aromatic heterocycles. The van der Waals surface area contributed by atoms with Gasteiger partial charge in [0.05, 0.1) is 0 Å². The lowest BCUT2D eigenvalue weighted by Gasteiger charge is -2.37. The Morgan fingerprint density at radius 3 is 2.79 bits per heavy atom. The fraction of sp³-hybridized carbons (Fsp3) is 0.667. The van der Waals surface area contributed by atoms with Gasteiger partial charge in [0, 0.05) is 17.7 Å². The molecular weight excluding hydrogens is 230 g/mol. The first-order valence-corrected chi connectivity index (χ1v) is 7.97. The topological polar surface area (TPSA) is 12.0 Å². The summed E-state index contributed by atoms with van der Waals surface area (Å²) in [6.07, 6.45) is 16.1. The first-order chi connectivity index (χ1) is 9.33. The molecule has 1 fully saturated rings. The molecule has 1 nitrogen and oxygen atoms in total. The Morgan fingerprint density at radius 1 is 1.21 bits per heavy atom. The average molecular weight is 255 g/mol. The molecule has 102 valence electrons. The molecule has 0 aromatic rings. The molecule has 0 radical (unpaired) electrons. The monoisotopic (exact) mass is 255 g/mol. The quantitative estimate of drug-likeness (QED) is 0.735. The minimum atomic E-state index is 0.514. The smallest absolute Gasteiger partial charge is 0.0442 e. The SMILES string of the molecule is CC1C=C(C2CCCCC2)NC(C2C#CC=CC2)C1. The molecule has 0 aromatic carbocycles. The first-order valence-electron chi connectivity index (χ1n) is 7.97. The zero-order valence-corrected chi connectivity index (χ0v) is 12.0. The highest BCUT2D eigenvalue weighted by Crippen LogP contribution is 2.33. The minimum absolute atomic E-state index is 0.514. The molecule has 1 N–H and O–H groups in total. The van der Waals surface area contributed by atoms with Crippen molar-refractivity contribution < 1.29 is 0 Å². The number of hydrogen-bond donors (Lipinski definition) is 1. The van der Waals surface area contributed by atoms with Gasteiger partial charge in [-0.05, 0) is 43.6 Å². The van der Waals surface area contributed by atoms with Crippen molar-refractivity contribution in [3.63, 3.8) is 0 Å². The van der Waals surface area contributed by atoms with Crippen LogP contribution in [0, 0.1) is 29.6 Å². The second kappa shape index (κ2) is 5.87. The summed E-state index contributed by atoms with van der Waals surface area (Å²) >= 11 is 0. The average Bonchev–Trinajstić information content (AvgIpc) is 2.48. The lowest BCUT2D eigenvalue weighted by atomic mass is 9.80. The van der Waals surface area contributed by atoms with E-state index in [2.05, 4.69) is 36.2 Å². The zero-order valence-electron chi connectivity index (χ0n) is 12.0. The van der Waals surface area contributed by atoms with Crippen LogP contribution in [0.3, 0.4) is 0 Å². The van der Waals surface area contributed by atoms with Crippen molar-refractivity contribution in [2.45, 2.75) is 57.9 Å². The van der Waals surface area contributed by atoms with Gasteiger partial charge in [-0.2, -0.15) is 0 Å². The van der Waals surface area contributed by atoms with Crippen molar-refractivity contribution in [3.8, 4) is 11.8 Å². The lowest BCUT2D eigenvalue weighted by molar-refractivity contribution is 0.314. The summed E-state index contributed by atoms with van der Waals surface area (Å²) < 4.78 is 0. The Kier molecular flexibility index (Phi) is 3.97. The van der Waals surface area contributed by atoms with Gasteiger partial charge in [0.1, 0.15) is 0 Å². The molecule has 1 saturated carbocycles. The zero-order chi connectivity index (χ0) is 13.1. The summed E-state index contributed by atoms with van der Waals surface area (Å²) in [4.78, 5) is 0. The Balaban J connectivity index is 1.69. The normalized spacial score (nSPS) is 35.0. The van der Waals surface area contributed by atoms with Crippen molar-refractivity contribution in [1.82, 2.24) is 5.32 Å². The number of hydrogen-bond acceptors (Lipinski definition) is 1. The third kappa shape index (κ3) is 3.06. The van der Waals surface area contributed by atoms with Crippen LogP contribution in [0.5, 0.6) is 0 Å². The molecule has 3 rings (SSSR count). The summed E-state index contributed by atoms with van der Waals surface area (Å²) in [6.45, 7) is 2.36. The Hall–Kier alpha value is -1.16. The van der Waals surface area contributed by atoms with E-state index < -0.39 is 0 Å². The van der Waals surface area contributed by atoms with Gasteiger partial charge in [0.25, 0.3) is 0 Å². The van der Waals surface area contributed by atoms with Crippen LogP contribution in [-0.4, -0.2) is 6.04 Å². The van der Waals surface area contributed by atoms with E-state index in [1.807, 2.05) is 6.08 Å². The van der Waals surface area contributed by atoms with Crippen LogP contribution in [0.1, 0.15) is 51.9 Å². The molecule has 1 heterocycles. The maximum absolute atomic E-state index is 3.85. The number of allylic oxidation sites excluding steroid dienone is 4. The molecular formula is C18H25N. The third-order valence-electron chi connectivity index (χ3n) is 4.83. The predicted octanol–water partition coefficient (Wildman–Crippen LogP) is 4.03. The molecule has 1 heteroatoms. The van der Waals surface area contributed by atoms with Crippen LogP contribution in [0.15, 0.2) is 23.9 Å². The summed E-state index contributed by atoms with van der Waals surface area (Å²) in [5.74, 6) is 8.57. The number of nitrogens with one attached hydrogen (secondary N) is 1. The Labute approximate surface area is 117 Å². The Bertz CT molecular complexity index is 428. The molecule has 0 saturated heterocycles. The van der Waals surface area contributed by atoms with Gasteiger partial charge < -0.3 is 5.32 Å². The fourth-order valence-corrected chi connectivity index (χ4v) is 3.78. The first kappa shape index (κ1) is 12.9. The van der Waals surface area contributed by atoms with E-state index in [0.29, 0.717) is 17.9 Å². The molecule has 1 aliphatic heterocycles. The summed E-state index contributed by atoms with van der Waals surface area (Å²) in [5, 5.41) is 3.85. The van der Waals surface area contributed by atoms with Gasteiger partial charge in [-0.3, -0.25) is 0 Å². The molecule has 0 spiro atoms. The molecule has 2 aliphatic carbocycles. The largest absolute Gasteiger partial charge is 0.384 e. The van der Waals surface area contributed by atoms with Crippen molar-refractivity contribution in [3.05, 3.63) is 23.9 Å². The van der Waals surface area contributed by atoms with Gasteiger partial charge in [-0.25, -0.2) is 0 Å². The van der Waals surface area contributed by atoms with Crippen molar-refractivity contribution in [2.24, 2.45) is 17.8 Å². The van der Waals surface area contributed by atoms with Crippen LogP contribution in [0.2, 0.25) is 0 Å². The predicted molar refractivity (Wildman–Crippen MR) is 80.4 cm³/mol. The summed E-state index contributed by atoms with van der Waals surface area (Å²) in [7, 11) is 0. The lowest BCUT2D eigenvalue weighted by Crippen LogP contribution is -2.42. The molecule has 0 bridgehead atoms. The number of rotatable bonds is 2. The maximum Gasteiger partial charge on any atom is 0.0442 e. The molecule has 0 amide bonds. The van der Waals surface area contributed by atoms with Gasteiger partial charge in [-0.1, -0.05) is 50.2 Å². The van der Waals surface area contributed by atoms with Gasteiger partial charge in [0.15, 0.2) is 0 Å². The molecule has 3 unspecified atom stereocenters. The summed E-state index contributed by atoms with van der Waals surface area (Å²) in [6, 6.07) is 0.564. The highest BCUT2D eigenvalue weighted by molar-refractivity contribution is 5.25. The van der Waals surface area contributed by atoms with E-state index in [1.165, 1.54) is 38.5 Å². The van der Waals surface area contributed by atoms with Crippen molar-refractivity contribution >= 4 is 0 Å². The van der Waals surface area contributed by atoms with E-state index in [4.69, 9.17) is 0 Å². The van der Waals surface area contributed by atoms with Crippen molar-refractivity contribution in [1.29, 1.82) is 0 Å². The highest BCUT2D eigenvalue weighted by atomic mass is 15.0. The van der Waals surface area contributed by atoms with E-state index >= 15 is 0 Å². The second-order valence-electron chi connectivity index (χ2n) is 6.45. The van der Waals surface area contributed by atoms with Crippen molar-refractivity contribution in [2.75, 3.05) is 0 Å². The van der Waals surface area contributed by atoms with Gasteiger partial charge >= 0.3 is 0 Å². The van der Waals surface area contributed by atoms with Crippen LogP contribution in [0.4, 0.5) is 0 Å².